The van der Waals surface area contributed by atoms with Gasteiger partial charge < -0.3 is 10.1 Å². The lowest BCUT2D eigenvalue weighted by molar-refractivity contribution is -0.118. The number of hydrogen-bond donors (Lipinski definition) is 2. The summed E-state index contributed by atoms with van der Waals surface area (Å²) in [7, 11) is 1.62. The summed E-state index contributed by atoms with van der Waals surface area (Å²) in [6.45, 7) is 0.502. The van der Waals surface area contributed by atoms with E-state index < -0.39 is 0 Å². The van der Waals surface area contributed by atoms with Gasteiger partial charge in [-0.15, -0.1) is 5.10 Å². The molecule has 2 N–H and O–H groups in total. The topological polar surface area (TPSA) is 79.9 Å². The molecule has 0 fully saturated rings. The first-order valence-corrected chi connectivity index (χ1v) is 6.64. The van der Waals surface area contributed by atoms with Crippen molar-refractivity contribution < 1.29 is 9.53 Å². The highest BCUT2D eigenvalue weighted by Gasteiger charge is 2.04. The van der Waals surface area contributed by atoms with Gasteiger partial charge in [-0.25, -0.2) is 0 Å². The molecule has 0 unspecified atom stereocenters. The van der Waals surface area contributed by atoms with Crippen molar-refractivity contribution in [3.05, 3.63) is 36.0 Å². The SMILES string of the molecule is COc1ccc(CNC(=O)CSc2cn[nH]n2)cc1. The molecule has 0 spiro atoms. The van der Waals surface area contributed by atoms with E-state index in [0.717, 1.165) is 11.3 Å². The Hall–Kier alpha value is -2.02. The molecule has 0 aliphatic heterocycles. The first-order chi connectivity index (χ1) is 9.28. The fourth-order valence-electron chi connectivity index (χ4n) is 1.40. The molecule has 0 aliphatic carbocycles. The highest BCUT2D eigenvalue weighted by molar-refractivity contribution is 7.99. The van der Waals surface area contributed by atoms with E-state index in [2.05, 4.69) is 20.7 Å². The largest absolute Gasteiger partial charge is 0.497 e. The van der Waals surface area contributed by atoms with Crippen LogP contribution in [-0.2, 0) is 11.3 Å². The molecule has 2 aromatic rings. The Bertz CT molecular complexity index is 513. The Labute approximate surface area is 114 Å². The lowest BCUT2D eigenvalue weighted by Crippen LogP contribution is -2.24. The summed E-state index contributed by atoms with van der Waals surface area (Å²) in [6, 6.07) is 7.57. The number of aromatic nitrogens is 3. The van der Waals surface area contributed by atoms with Gasteiger partial charge in [-0.2, -0.15) is 10.3 Å². The van der Waals surface area contributed by atoms with Crippen molar-refractivity contribution in [2.45, 2.75) is 11.6 Å². The normalized spacial score (nSPS) is 10.2. The second-order valence-electron chi connectivity index (χ2n) is 3.72. The zero-order valence-electron chi connectivity index (χ0n) is 10.4. The quantitative estimate of drug-likeness (QED) is 0.777. The zero-order chi connectivity index (χ0) is 13.5. The summed E-state index contributed by atoms with van der Waals surface area (Å²) in [5, 5.41) is 13.6. The van der Waals surface area contributed by atoms with E-state index in [1.807, 2.05) is 24.3 Å². The predicted molar refractivity (Wildman–Crippen MR) is 71.9 cm³/mol. The van der Waals surface area contributed by atoms with E-state index >= 15 is 0 Å². The van der Waals surface area contributed by atoms with Crippen molar-refractivity contribution in [2.24, 2.45) is 0 Å². The van der Waals surface area contributed by atoms with Crippen molar-refractivity contribution in [3.8, 4) is 5.75 Å². The summed E-state index contributed by atoms with van der Waals surface area (Å²) < 4.78 is 5.07. The minimum Gasteiger partial charge on any atom is -0.497 e. The Morgan fingerprint density at radius 3 is 2.84 bits per heavy atom. The van der Waals surface area contributed by atoms with Gasteiger partial charge in [0, 0.05) is 6.54 Å². The van der Waals surface area contributed by atoms with Crippen LogP contribution in [-0.4, -0.2) is 34.2 Å². The average molecular weight is 278 g/mol. The van der Waals surface area contributed by atoms with Crippen LogP contribution in [0.4, 0.5) is 0 Å². The van der Waals surface area contributed by atoms with E-state index in [0.29, 0.717) is 17.3 Å². The lowest BCUT2D eigenvalue weighted by Gasteiger charge is -2.05. The van der Waals surface area contributed by atoms with E-state index in [1.165, 1.54) is 11.8 Å². The van der Waals surface area contributed by atoms with Crippen molar-refractivity contribution in [3.63, 3.8) is 0 Å². The molecule has 2 rings (SSSR count). The van der Waals surface area contributed by atoms with Crippen LogP contribution in [0, 0.1) is 0 Å². The van der Waals surface area contributed by atoms with E-state index in [4.69, 9.17) is 4.74 Å². The smallest absolute Gasteiger partial charge is 0.230 e. The third kappa shape index (κ3) is 4.29. The zero-order valence-corrected chi connectivity index (χ0v) is 11.2. The molecular formula is C12H14N4O2S. The number of nitrogens with one attached hydrogen (secondary N) is 2. The molecule has 7 heteroatoms. The highest BCUT2D eigenvalue weighted by Crippen LogP contribution is 2.13. The Balaban J connectivity index is 1.73. The van der Waals surface area contributed by atoms with Gasteiger partial charge >= 0.3 is 0 Å². The van der Waals surface area contributed by atoms with Gasteiger partial charge in [0.15, 0.2) is 0 Å². The molecule has 1 heterocycles. The molecule has 0 atom stereocenters. The molecule has 1 aromatic heterocycles. The van der Waals surface area contributed by atoms with Crippen LogP contribution in [0.25, 0.3) is 0 Å². The van der Waals surface area contributed by atoms with Crippen molar-refractivity contribution >= 4 is 17.7 Å². The predicted octanol–water partition coefficient (Wildman–Crippen LogP) is 1.22. The maximum Gasteiger partial charge on any atom is 0.230 e. The Morgan fingerprint density at radius 1 is 1.42 bits per heavy atom. The molecule has 19 heavy (non-hydrogen) atoms. The summed E-state index contributed by atoms with van der Waals surface area (Å²) >= 11 is 1.34. The molecule has 1 amide bonds. The number of thioether (sulfide) groups is 1. The van der Waals surface area contributed by atoms with Crippen molar-refractivity contribution in [1.82, 2.24) is 20.7 Å². The van der Waals surface area contributed by atoms with E-state index in [-0.39, 0.29) is 5.91 Å². The second-order valence-corrected chi connectivity index (χ2v) is 4.72. The van der Waals surface area contributed by atoms with Crippen molar-refractivity contribution in [2.75, 3.05) is 12.9 Å². The van der Waals surface area contributed by atoms with Crippen molar-refractivity contribution in [1.29, 1.82) is 0 Å². The lowest BCUT2D eigenvalue weighted by atomic mass is 10.2. The van der Waals surface area contributed by atoms with Gasteiger partial charge in [0.2, 0.25) is 5.91 Å². The number of hydrogen-bond acceptors (Lipinski definition) is 5. The number of ether oxygens (including phenoxy) is 1. The van der Waals surface area contributed by atoms with Gasteiger partial charge in [-0.05, 0) is 17.7 Å². The van der Waals surface area contributed by atoms with Crippen LogP contribution in [0.15, 0.2) is 35.5 Å². The fraction of sp³-hybridized carbons (Fsp3) is 0.250. The van der Waals surface area contributed by atoms with Crippen LogP contribution >= 0.6 is 11.8 Å². The minimum absolute atomic E-state index is 0.0381. The third-order valence-electron chi connectivity index (χ3n) is 2.39. The molecule has 6 nitrogen and oxygen atoms in total. The number of carbonyl (C=O) groups excluding carboxylic acids is 1. The molecule has 0 saturated heterocycles. The number of rotatable bonds is 6. The number of aromatic amines is 1. The fourth-order valence-corrected chi connectivity index (χ4v) is 2.01. The molecular weight excluding hydrogens is 264 g/mol. The molecule has 0 bridgehead atoms. The average Bonchev–Trinajstić information content (AvgIpc) is 2.96. The number of carbonyl (C=O) groups is 1. The molecule has 1 aromatic carbocycles. The van der Waals surface area contributed by atoms with Gasteiger partial charge in [0.1, 0.15) is 10.8 Å². The standard InChI is InChI=1S/C12H14N4O2S/c1-18-10-4-2-9(3-5-10)6-13-11(17)8-19-12-7-14-16-15-12/h2-5,7H,6,8H2,1H3,(H,13,17)(H,14,15,16). The number of methoxy groups -OCH3 is 1. The van der Waals surface area contributed by atoms with Gasteiger partial charge in [0.05, 0.1) is 19.1 Å². The molecule has 0 radical (unpaired) electrons. The van der Waals surface area contributed by atoms with Gasteiger partial charge in [-0.3, -0.25) is 4.79 Å². The number of amides is 1. The van der Waals surface area contributed by atoms with E-state index in [1.54, 1.807) is 13.3 Å². The van der Waals surface area contributed by atoms with Crippen LogP contribution in [0.1, 0.15) is 5.56 Å². The summed E-state index contributed by atoms with van der Waals surface area (Å²) in [6.07, 6.45) is 1.58. The highest BCUT2D eigenvalue weighted by atomic mass is 32.2. The van der Waals surface area contributed by atoms with Crippen LogP contribution in [0.5, 0.6) is 5.75 Å². The van der Waals surface area contributed by atoms with E-state index in [9.17, 15) is 4.79 Å². The first-order valence-electron chi connectivity index (χ1n) is 5.66. The molecule has 100 valence electrons. The minimum atomic E-state index is -0.0381. The molecule has 0 aliphatic rings. The first kappa shape index (κ1) is 13.4. The van der Waals surface area contributed by atoms with Crippen LogP contribution < -0.4 is 10.1 Å². The maximum absolute atomic E-state index is 11.6. The van der Waals surface area contributed by atoms with Crippen LogP contribution in [0.2, 0.25) is 0 Å². The van der Waals surface area contributed by atoms with Crippen LogP contribution in [0.3, 0.4) is 0 Å². The maximum atomic E-state index is 11.6. The number of H-pyrrole nitrogens is 1. The monoisotopic (exact) mass is 278 g/mol. The van der Waals surface area contributed by atoms with Gasteiger partial charge in [0.25, 0.3) is 0 Å². The summed E-state index contributed by atoms with van der Waals surface area (Å²) in [4.78, 5) is 11.6. The number of benzene rings is 1. The Kier molecular flexibility index (Phi) is 4.79. The summed E-state index contributed by atoms with van der Waals surface area (Å²) in [5.74, 6) is 1.09. The van der Waals surface area contributed by atoms with Gasteiger partial charge in [-0.1, -0.05) is 23.9 Å². The summed E-state index contributed by atoms with van der Waals surface area (Å²) in [5.41, 5.74) is 1.03. The number of nitrogens with zero attached hydrogens (tertiary/aromatic N) is 2. The second kappa shape index (κ2) is 6.79. The third-order valence-corrected chi connectivity index (χ3v) is 3.29. The Morgan fingerprint density at radius 2 is 2.21 bits per heavy atom. The molecule has 0 saturated carbocycles.